The van der Waals surface area contributed by atoms with E-state index in [1.165, 1.54) is 38.8 Å². The van der Waals surface area contributed by atoms with Gasteiger partial charge in [-0.25, -0.2) is 0 Å². The van der Waals surface area contributed by atoms with Crippen LogP contribution >= 0.6 is 0 Å². The minimum atomic E-state index is 0.690. The van der Waals surface area contributed by atoms with Crippen LogP contribution in [-0.4, -0.2) is 50.3 Å². The summed E-state index contributed by atoms with van der Waals surface area (Å²) in [6.45, 7) is 11.5. The van der Waals surface area contributed by atoms with Crippen LogP contribution in [0.5, 0.6) is 0 Å². The van der Waals surface area contributed by atoms with Crippen LogP contribution in [0.15, 0.2) is 0 Å². The predicted molar refractivity (Wildman–Crippen MR) is 78.0 cm³/mol. The summed E-state index contributed by atoms with van der Waals surface area (Å²) in [5.74, 6) is 0.788. The maximum atomic E-state index is 5.13. The van der Waals surface area contributed by atoms with Gasteiger partial charge in [0, 0.05) is 38.9 Å². The molecule has 0 saturated carbocycles. The van der Waals surface area contributed by atoms with Crippen molar-refractivity contribution in [3.05, 3.63) is 0 Å². The molecule has 1 saturated heterocycles. The molecule has 18 heavy (non-hydrogen) atoms. The fourth-order valence-electron chi connectivity index (χ4n) is 2.89. The number of piperazine rings is 1. The van der Waals surface area contributed by atoms with Gasteiger partial charge in [-0.2, -0.15) is 0 Å². The number of hydrogen-bond donors (Lipinski definition) is 1. The van der Waals surface area contributed by atoms with Gasteiger partial charge in [-0.05, 0) is 38.1 Å². The number of rotatable bonds is 8. The fourth-order valence-corrected chi connectivity index (χ4v) is 2.89. The summed E-state index contributed by atoms with van der Waals surface area (Å²) in [4.78, 5) is 2.69. The van der Waals surface area contributed by atoms with Gasteiger partial charge in [0.1, 0.15) is 0 Å². The van der Waals surface area contributed by atoms with Gasteiger partial charge in [0.2, 0.25) is 0 Å². The van der Waals surface area contributed by atoms with Gasteiger partial charge in [-0.3, -0.25) is 4.90 Å². The van der Waals surface area contributed by atoms with Crippen LogP contribution in [0.1, 0.15) is 46.5 Å². The van der Waals surface area contributed by atoms with Gasteiger partial charge in [-0.15, -0.1) is 0 Å². The number of nitrogens with zero attached hydrogens (tertiary/aromatic N) is 1. The van der Waals surface area contributed by atoms with Crippen molar-refractivity contribution in [3.8, 4) is 0 Å². The number of hydrogen-bond acceptors (Lipinski definition) is 3. The van der Waals surface area contributed by atoms with E-state index in [1.807, 2.05) is 0 Å². The van der Waals surface area contributed by atoms with E-state index >= 15 is 0 Å². The Bertz CT molecular complexity index is 209. The molecule has 1 aliphatic heterocycles. The molecule has 0 amide bonds. The standard InChI is InChI=1S/C15H32N2O/c1-5-15-11-16-14(10-13(2)3)12-17(15)8-6-7-9-18-4/h13-16H,5-12H2,1-4H3. The molecule has 0 aliphatic carbocycles. The molecule has 0 radical (unpaired) electrons. The Balaban J connectivity index is 2.33. The van der Waals surface area contributed by atoms with E-state index in [4.69, 9.17) is 4.74 Å². The number of nitrogens with one attached hydrogen (secondary N) is 1. The lowest BCUT2D eigenvalue weighted by Gasteiger charge is -2.40. The zero-order chi connectivity index (χ0) is 13.4. The molecular formula is C15H32N2O. The fraction of sp³-hybridized carbons (Fsp3) is 1.00. The molecule has 1 aliphatic rings. The summed E-state index contributed by atoms with van der Waals surface area (Å²) >= 11 is 0. The molecule has 1 rings (SSSR count). The van der Waals surface area contributed by atoms with Crippen molar-refractivity contribution in [2.75, 3.05) is 33.4 Å². The molecule has 2 atom stereocenters. The molecule has 1 heterocycles. The van der Waals surface area contributed by atoms with Crippen molar-refractivity contribution in [2.45, 2.75) is 58.5 Å². The minimum absolute atomic E-state index is 0.690. The second-order valence-corrected chi connectivity index (χ2v) is 5.99. The molecule has 0 aromatic rings. The van der Waals surface area contributed by atoms with E-state index in [2.05, 4.69) is 31.0 Å². The SMILES string of the molecule is CCC1CNC(CC(C)C)CN1CCCCOC. The molecule has 0 bridgehead atoms. The minimum Gasteiger partial charge on any atom is -0.385 e. The molecule has 3 heteroatoms. The summed E-state index contributed by atoms with van der Waals surface area (Å²) in [6.07, 6.45) is 5.00. The zero-order valence-corrected chi connectivity index (χ0v) is 12.7. The van der Waals surface area contributed by atoms with Crippen molar-refractivity contribution in [2.24, 2.45) is 5.92 Å². The second kappa shape index (κ2) is 8.89. The van der Waals surface area contributed by atoms with E-state index in [-0.39, 0.29) is 0 Å². The smallest absolute Gasteiger partial charge is 0.0462 e. The number of ether oxygens (including phenoxy) is 1. The quantitative estimate of drug-likeness (QED) is 0.675. The Hall–Kier alpha value is -0.120. The van der Waals surface area contributed by atoms with Gasteiger partial charge >= 0.3 is 0 Å². The van der Waals surface area contributed by atoms with Gasteiger partial charge in [-0.1, -0.05) is 20.8 Å². The average Bonchev–Trinajstić information content (AvgIpc) is 2.34. The normalized spacial score (nSPS) is 25.8. The van der Waals surface area contributed by atoms with Crippen LogP contribution in [0.25, 0.3) is 0 Å². The first-order valence-electron chi connectivity index (χ1n) is 7.63. The van der Waals surface area contributed by atoms with E-state index < -0.39 is 0 Å². The first kappa shape index (κ1) is 15.9. The average molecular weight is 256 g/mol. The highest BCUT2D eigenvalue weighted by Crippen LogP contribution is 2.15. The maximum Gasteiger partial charge on any atom is 0.0462 e. The van der Waals surface area contributed by atoms with Gasteiger partial charge < -0.3 is 10.1 Å². The summed E-state index contributed by atoms with van der Waals surface area (Å²) < 4.78 is 5.13. The third-order valence-corrected chi connectivity index (χ3v) is 3.88. The van der Waals surface area contributed by atoms with Crippen molar-refractivity contribution in [1.82, 2.24) is 10.2 Å². The molecule has 1 fully saturated rings. The zero-order valence-electron chi connectivity index (χ0n) is 12.7. The Morgan fingerprint density at radius 3 is 2.72 bits per heavy atom. The monoisotopic (exact) mass is 256 g/mol. The maximum absolute atomic E-state index is 5.13. The Morgan fingerprint density at radius 1 is 1.33 bits per heavy atom. The van der Waals surface area contributed by atoms with Crippen LogP contribution in [0.3, 0.4) is 0 Å². The molecule has 3 nitrogen and oxygen atoms in total. The number of methoxy groups -OCH3 is 1. The van der Waals surface area contributed by atoms with Crippen LogP contribution in [-0.2, 0) is 4.74 Å². The first-order valence-corrected chi connectivity index (χ1v) is 7.63. The molecule has 0 aromatic heterocycles. The highest BCUT2D eigenvalue weighted by atomic mass is 16.5. The van der Waals surface area contributed by atoms with Crippen LogP contribution in [0.4, 0.5) is 0 Å². The van der Waals surface area contributed by atoms with Crippen LogP contribution < -0.4 is 5.32 Å². The van der Waals surface area contributed by atoms with Gasteiger partial charge in [0.05, 0.1) is 0 Å². The third kappa shape index (κ3) is 5.68. The second-order valence-electron chi connectivity index (χ2n) is 5.99. The van der Waals surface area contributed by atoms with Crippen molar-refractivity contribution < 1.29 is 4.74 Å². The highest BCUT2D eigenvalue weighted by Gasteiger charge is 2.26. The Labute approximate surface area is 113 Å². The topological polar surface area (TPSA) is 24.5 Å². The van der Waals surface area contributed by atoms with E-state index in [0.717, 1.165) is 25.1 Å². The molecule has 108 valence electrons. The highest BCUT2D eigenvalue weighted by molar-refractivity contribution is 4.85. The summed E-state index contributed by atoms with van der Waals surface area (Å²) in [7, 11) is 1.79. The molecular weight excluding hydrogens is 224 g/mol. The summed E-state index contributed by atoms with van der Waals surface area (Å²) in [6, 6.07) is 1.42. The third-order valence-electron chi connectivity index (χ3n) is 3.88. The van der Waals surface area contributed by atoms with Crippen LogP contribution in [0.2, 0.25) is 0 Å². The molecule has 0 aromatic carbocycles. The molecule has 1 N–H and O–H groups in total. The van der Waals surface area contributed by atoms with Crippen molar-refractivity contribution in [1.29, 1.82) is 0 Å². The predicted octanol–water partition coefficient (Wildman–Crippen LogP) is 2.51. The number of unbranched alkanes of at least 4 members (excludes halogenated alkanes) is 1. The summed E-state index contributed by atoms with van der Waals surface area (Å²) in [5.41, 5.74) is 0. The lowest BCUT2D eigenvalue weighted by atomic mass is 9.98. The van der Waals surface area contributed by atoms with E-state index in [1.54, 1.807) is 7.11 Å². The molecule has 2 unspecified atom stereocenters. The molecule has 0 spiro atoms. The lowest BCUT2D eigenvalue weighted by molar-refractivity contribution is 0.111. The Morgan fingerprint density at radius 2 is 2.11 bits per heavy atom. The van der Waals surface area contributed by atoms with E-state index in [9.17, 15) is 0 Å². The first-order chi connectivity index (χ1) is 8.67. The van der Waals surface area contributed by atoms with Crippen molar-refractivity contribution >= 4 is 0 Å². The van der Waals surface area contributed by atoms with Gasteiger partial charge in [0.15, 0.2) is 0 Å². The summed E-state index contributed by atoms with van der Waals surface area (Å²) in [5, 5.41) is 3.72. The largest absolute Gasteiger partial charge is 0.385 e. The van der Waals surface area contributed by atoms with Gasteiger partial charge in [0.25, 0.3) is 0 Å². The lowest BCUT2D eigenvalue weighted by Crippen LogP contribution is -2.56. The Kier molecular flexibility index (Phi) is 7.87. The van der Waals surface area contributed by atoms with Crippen LogP contribution in [0, 0.1) is 5.92 Å². The van der Waals surface area contributed by atoms with Crippen molar-refractivity contribution in [3.63, 3.8) is 0 Å². The van der Waals surface area contributed by atoms with E-state index in [0.29, 0.717) is 6.04 Å².